The van der Waals surface area contributed by atoms with Gasteiger partial charge in [0, 0.05) is 10.8 Å². The molecule has 2 aromatic carbocycles. The molecule has 0 saturated carbocycles. The summed E-state index contributed by atoms with van der Waals surface area (Å²) < 4.78 is 7.88. The highest BCUT2D eigenvalue weighted by atomic mass is 16.5. The topological polar surface area (TPSA) is 61.6 Å². The van der Waals surface area contributed by atoms with Crippen LogP contribution in [-0.2, 0) is 0 Å². The number of hydrogen-bond donors (Lipinski definition) is 1. The highest BCUT2D eigenvalue weighted by Gasteiger charge is 2.24. The van der Waals surface area contributed by atoms with Gasteiger partial charge in [-0.3, -0.25) is 4.58 Å². The second-order valence-electron chi connectivity index (χ2n) is 7.86. The van der Waals surface area contributed by atoms with Crippen LogP contribution in [0.25, 0.3) is 23.6 Å². The van der Waals surface area contributed by atoms with Gasteiger partial charge in [0.1, 0.15) is 5.69 Å². The van der Waals surface area contributed by atoms with Crippen LogP contribution in [0.4, 0.5) is 0 Å². The zero-order valence-electron chi connectivity index (χ0n) is 17.0. The summed E-state index contributed by atoms with van der Waals surface area (Å²) in [6.45, 7) is 4.06. The minimum Gasteiger partial charge on any atom is -0.479 e. The largest absolute Gasteiger partial charge is 0.479 e. The molecule has 0 radical (unpaired) electrons. The molecule has 3 heterocycles. The fourth-order valence-electron chi connectivity index (χ4n) is 4.04. The van der Waals surface area contributed by atoms with Gasteiger partial charge in [-0.05, 0) is 67.6 Å². The van der Waals surface area contributed by atoms with Gasteiger partial charge in [-0.25, -0.2) is 4.98 Å². The number of nitrogens with zero attached hydrogens (tertiary/aromatic N) is 3. The Hall–Kier alpha value is -3.47. The van der Waals surface area contributed by atoms with Crippen molar-refractivity contribution in [3.05, 3.63) is 75.9 Å². The summed E-state index contributed by atoms with van der Waals surface area (Å²) in [5, 5.41) is 12.5. The molecule has 1 N–H and O–H groups in total. The number of rotatable bonds is 2. The average Bonchev–Trinajstić information content (AvgIpc) is 3.15. The molecule has 2 aliphatic rings. The summed E-state index contributed by atoms with van der Waals surface area (Å²) in [6, 6.07) is 15.9. The first-order valence-electron chi connectivity index (χ1n) is 10.4. The van der Waals surface area contributed by atoms with Crippen LogP contribution in [0.5, 0.6) is 5.95 Å². The Balaban J connectivity index is 1.65. The predicted molar refractivity (Wildman–Crippen MR) is 117 cm³/mol. The molecule has 1 saturated heterocycles. The maximum atomic E-state index is 10.4. The summed E-state index contributed by atoms with van der Waals surface area (Å²) in [7, 11) is 0. The van der Waals surface area contributed by atoms with E-state index in [1.54, 1.807) is 0 Å². The first-order chi connectivity index (χ1) is 14.7. The molecule has 5 heteroatoms. The average molecular weight is 398 g/mol. The van der Waals surface area contributed by atoms with Crippen LogP contribution < -0.4 is 10.6 Å². The van der Waals surface area contributed by atoms with Gasteiger partial charge in [0.2, 0.25) is 5.89 Å². The lowest BCUT2D eigenvalue weighted by molar-refractivity contribution is -0.537. The van der Waals surface area contributed by atoms with E-state index in [1.807, 2.05) is 36.4 Å². The van der Waals surface area contributed by atoms with E-state index in [1.165, 1.54) is 24.8 Å². The van der Waals surface area contributed by atoms with Crippen molar-refractivity contribution >= 4 is 18.0 Å². The Kier molecular flexibility index (Phi) is 4.79. The Morgan fingerprint density at radius 1 is 1.03 bits per heavy atom. The van der Waals surface area contributed by atoms with E-state index in [0.717, 1.165) is 40.6 Å². The van der Waals surface area contributed by atoms with Gasteiger partial charge in [0.25, 0.3) is 0 Å². The number of piperidine rings is 1. The van der Waals surface area contributed by atoms with Crippen LogP contribution in [0.1, 0.15) is 30.5 Å². The number of aromatic hydroxyl groups is 1. The third kappa shape index (κ3) is 3.59. The first-order valence-corrected chi connectivity index (χ1v) is 10.4. The standard InChI is InChI=1S/C25H23N3O2/c1-17-10-11-21-19(14-17)15-20(23(26-21)28-12-6-3-7-13-28)16-22-25(29)30-24(27-22)18-8-4-2-5-9-18/h2,4-5,8-11,14-16H,3,6-7,12-13H2,1H3/p+1. The lowest BCUT2D eigenvalue weighted by Crippen LogP contribution is -2.36. The van der Waals surface area contributed by atoms with Gasteiger partial charge in [0.05, 0.1) is 18.7 Å². The number of hydrogen-bond acceptors (Lipinski definition) is 3. The monoisotopic (exact) mass is 398 g/mol. The number of benzene rings is 2. The van der Waals surface area contributed by atoms with Gasteiger partial charge in [-0.2, -0.15) is 0 Å². The van der Waals surface area contributed by atoms with Gasteiger partial charge in [-0.15, -0.1) is 0 Å². The highest BCUT2D eigenvalue weighted by molar-refractivity contribution is 6.08. The van der Waals surface area contributed by atoms with Gasteiger partial charge in [0.15, 0.2) is 5.36 Å². The molecular weight excluding hydrogens is 374 g/mol. The molecule has 1 aromatic heterocycles. The molecule has 0 atom stereocenters. The van der Waals surface area contributed by atoms with Crippen LogP contribution in [0.2, 0.25) is 0 Å². The highest BCUT2D eigenvalue weighted by Crippen LogP contribution is 2.28. The number of fused-ring (bicyclic) bond motifs is 1. The van der Waals surface area contributed by atoms with E-state index in [9.17, 15) is 5.11 Å². The summed E-state index contributed by atoms with van der Waals surface area (Å²) in [5.41, 5.74) is 3.38. The summed E-state index contributed by atoms with van der Waals surface area (Å²) >= 11 is 0. The van der Waals surface area contributed by atoms with Crippen LogP contribution in [0, 0.1) is 6.92 Å². The molecule has 0 aliphatic carbocycles. The molecule has 1 fully saturated rings. The maximum Gasteiger partial charge on any atom is 0.326 e. The van der Waals surface area contributed by atoms with Crippen molar-refractivity contribution in [2.24, 2.45) is 4.99 Å². The quantitative estimate of drug-likeness (QED) is 0.673. The number of aromatic nitrogens is 1. The predicted octanol–water partition coefficient (Wildman–Crippen LogP) is 3.45. The van der Waals surface area contributed by atoms with Gasteiger partial charge >= 0.3 is 11.8 Å². The van der Waals surface area contributed by atoms with E-state index in [0.29, 0.717) is 11.6 Å². The van der Waals surface area contributed by atoms with Crippen molar-refractivity contribution in [1.82, 2.24) is 4.98 Å². The molecule has 5 nitrogen and oxygen atoms in total. The van der Waals surface area contributed by atoms with Crippen LogP contribution in [0.3, 0.4) is 0 Å². The van der Waals surface area contributed by atoms with Gasteiger partial charge in [-0.1, -0.05) is 29.8 Å². The molecule has 0 spiro atoms. The third-order valence-electron chi connectivity index (χ3n) is 5.58. The van der Waals surface area contributed by atoms with Gasteiger partial charge < -0.3 is 9.52 Å². The molecule has 0 unspecified atom stereocenters. The number of oxazole rings is 1. The molecule has 30 heavy (non-hydrogen) atoms. The Morgan fingerprint density at radius 2 is 1.83 bits per heavy atom. The van der Waals surface area contributed by atoms with Crippen molar-refractivity contribution in [1.29, 1.82) is 0 Å². The second-order valence-corrected chi connectivity index (χ2v) is 7.86. The molecular formula is C25H24N3O2+. The van der Waals surface area contributed by atoms with Crippen molar-refractivity contribution in [2.45, 2.75) is 26.2 Å². The Morgan fingerprint density at radius 3 is 2.63 bits per heavy atom. The lowest BCUT2D eigenvalue weighted by atomic mass is 10.1. The molecule has 0 bridgehead atoms. The zero-order chi connectivity index (χ0) is 20.5. The van der Waals surface area contributed by atoms with Crippen molar-refractivity contribution in [3.8, 4) is 17.4 Å². The molecule has 3 aromatic rings. The maximum absolute atomic E-state index is 10.4. The van der Waals surface area contributed by atoms with Crippen LogP contribution in [-0.4, -0.2) is 33.6 Å². The first kappa shape index (κ1) is 18.6. The molecule has 0 amide bonds. The second kappa shape index (κ2) is 7.75. The van der Waals surface area contributed by atoms with E-state index in [-0.39, 0.29) is 5.95 Å². The zero-order valence-corrected chi connectivity index (χ0v) is 17.0. The van der Waals surface area contributed by atoms with Crippen LogP contribution in [0.15, 0.2) is 63.5 Å². The SMILES string of the molecule is Cc1ccc2c(c1)=C/C(=C\c1nc(-c3ccccc3)oc1O)C(=[N+]1CCCCC1)N=2. The molecule has 5 rings (SSSR count). The Labute approximate surface area is 175 Å². The minimum atomic E-state index is -0.178. The van der Waals surface area contributed by atoms with E-state index in [4.69, 9.17) is 9.41 Å². The summed E-state index contributed by atoms with van der Waals surface area (Å²) in [4.78, 5) is 9.53. The van der Waals surface area contributed by atoms with E-state index >= 15 is 0 Å². The normalized spacial score (nSPS) is 17.4. The summed E-state index contributed by atoms with van der Waals surface area (Å²) in [6.07, 6.45) is 7.60. The third-order valence-corrected chi connectivity index (χ3v) is 5.58. The van der Waals surface area contributed by atoms with Crippen molar-refractivity contribution < 1.29 is 14.1 Å². The number of aryl methyl sites for hydroxylation is 1. The van der Waals surface area contributed by atoms with E-state index in [2.05, 4.69) is 40.8 Å². The smallest absolute Gasteiger partial charge is 0.326 e. The minimum absolute atomic E-state index is 0.178. The van der Waals surface area contributed by atoms with Crippen LogP contribution >= 0.6 is 0 Å². The molecule has 150 valence electrons. The summed E-state index contributed by atoms with van der Waals surface area (Å²) in [5.74, 6) is 1.17. The van der Waals surface area contributed by atoms with Crippen molar-refractivity contribution in [2.75, 3.05) is 13.1 Å². The fraction of sp³-hybridized carbons (Fsp3) is 0.240. The number of amidine groups is 1. The lowest BCUT2D eigenvalue weighted by Gasteiger charge is -2.15. The fourth-order valence-corrected chi connectivity index (χ4v) is 4.04. The van der Waals surface area contributed by atoms with E-state index < -0.39 is 0 Å². The Bertz CT molecular complexity index is 1280. The molecule has 2 aliphatic heterocycles. The van der Waals surface area contributed by atoms with Crippen molar-refractivity contribution in [3.63, 3.8) is 0 Å².